The summed E-state index contributed by atoms with van der Waals surface area (Å²) in [5.74, 6) is 0.190. The molecule has 0 saturated heterocycles. The van der Waals surface area contributed by atoms with Crippen LogP contribution in [0, 0.1) is 0 Å². The van der Waals surface area contributed by atoms with Gasteiger partial charge >= 0.3 is 0 Å². The number of carbonyl (C=O) groups excluding carboxylic acids is 1. The van der Waals surface area contributed by atoms with E-state index in [1.807, 2.05) is 33.8 Å². The summed E-state index contributed by atoms with van der Waals surface area (Å²) in [4.78, 5) is 18.6. The first kappa shape index (κ1) is 16.9. The largest absolute Gasteiger partial charge is 0.383 e. The monoisotopic (exact) mass is 298 g/mol. The number of hydrogen-bond acceptors (Lipinski definition) is 3. The zero-order valence-electron chi connectivity index (χ0n) is 12.8. The SMILES string of the molecule is COCCN(C(=O)c1cc(Cl)nc(C(C)C)c1)C(C)C. The highest BCUT2D eigenvalue weighted by Gasteiger charge is 2.20. The molecular weight excluding hydrogens is 276 g/mol. The Bertz CT molecular complexity index is 461. The van der Waals surface area contributed by atoms with E-state index in [2.05, 4.69) is 4.98 Å². The Morgan fingerprint density at radius 3 is 2.50 bits per heavy atom. The van der Waals surface area contributed by atoms with Crippen LogP contribution in [0.2, 0.25) is 5.15 Å². The molecule has 0 saturated carbocycles. The lowest BCUT2D eigenvalue weighted by atomic mass is 10.1. The highest BCUT2D eigenvalue weighted by Crippen LogP contribution is 2.19. The molecule has 0 unspecified atom stereocenters. The molecule has 0 aliphatic rings. The fraction of sp³-hybridized carbons (Fsp3) is 0.600. The Hall–Kier alpha value is -1.13. The molecule has 0 aliphatic heterocycles. The highest BCUT2D eigenvalue weighted by atomic mass is 35.5. The van der Waals surface area contributed by atoms with Crippen LogP contribution in [-0.4, -0.2) is 42.1 Å². The van der Waals surface area contributed by atoms with Crippen molar-refractivity contribution < 1.29 is 9.53 Å². The average molecular weight is 299 g/mol. The molecule has 0 aliphatic carbocycles. The molecule has 0 bridgehead atoms. The van der Waals surface area contributed by atoms with Crippen molar-refractivity contribution in [2.75, 3.05) is 20.3 Å². The van der Waals surface area contributed by atoms with Crippen molar-refractivity contribution in [3.05, 3.63) is 28.5 Å². The number of aromatic nitrogens is 1. The molecule has 0 N–H and O–H groups in total. The van der Waals surface area contributed by atoms with Gasteiger partial charge in [0.15, 0.2) is 0 Å². The van der Waals surface area contributed by atoms with Gasteiger partial charge in [-0.1, -0.05) is 25.4 Å². The number of ether oxygens (including phenoxy) is 1. The average Bonchev–Trinajstić information content (AvgIpc) is 2.37. The van der Waals surface area contributed by atoms with E-state index in [-0.39, 0.29) is 17.9 Å². The van der Waals surface area contributed by atoms with Crippen LogP contribution in [-0.2, 0) is 4.74 Å². The van der Waals surface area contributed by atoms with Crippen molar-refractivity contribution in [2.24, 2.45) is 0 Å². The van der Waals surface area contributed by atoms with Crippen molar-refractivity contribution in [1.29, 1.82) is 0 Å². The summed E-state index contributed by atoms with van der Waals surface area (Å²) >= 11 is 6.02. The van der Waals surface area contributed by atoms with Gasteiger partial charge in [-0.2, -0.15) is 0 Å². The van der Waals surface area contributed by atoms with Crippen molar-refractivity contribution in [1.82, 2.24) is 9.88 Å². The lowest BCUT2D eigenvalue weighted by molar-refractivity contribution is 0.0634. The summed E-state index contributed by atoms with van der Waals surface area (Å²) in [6.45, 7) is 9.10. The predicted octanol–water partition coefficient (Wildman–Crippen LogP) is 3.36. The van der Waals surface area contributed by atoms with Gasteiger partial charge in [0.05, 0.1) is 6.61 Å². The number of halogens is 1. The third-order valence-electron chi connectivity index (χ3n) is 3.07. The number of nitrogens with zero attached hydrogens (tertiary/aromatic N) is 2. The number of rotatable bonds is 6. The second kappa shape index (κ2) is 7.60. The third-order valence-corrected chi connectivity index (χ3v) is 3.27. The molecule has 4 nitrogen and oxygen atoms in total. The smallest absolute Gasteiger partial charge is 0.254 e. The molecule has 1 aromatic rings. The number of amides is 1. The van der Waals surface area contributed by atoms with Crippen LogP contribution in [0.15, 0.2) is 12.1 Å². The summed E-state index contributed by atoms with van der Waals surface area (Å²) in [7, 11) is 1.63. The van der Waals surface area contributed by atoms with Gasteiger partial charge in [-0.3, -0.25) is 4.79 Å². The third kappa shape index (κ3) is 4.46. The van der Waals surface area contributed by atoms with Gasteiger partial charge in [0.2, 0.25) is 0 Å². The summed E-state index contributed by atoms with van der Waals surface area (Å²) in [6.07, 6.45) is 0. The molecule has 20 heavy (non-hydrogen) atoms. The van der Waals surface area contributed by atoms with E-state index in [0.717, 1.165) is 5.69 Å². The van der Waals surface area contributed by atoms with E-state index in [1.54, 1.807) is 18.1 Å². The Morgan fingerprint density at radius 1 is 1.35 bits per heavy atom. The highest BCUT2D eigenvalue weighted by molar-refractivity contribution is 6.29. The fourth-order valence-corrected chi connectivity index (χ4v) is 2.10. The molecule has 1 amide bonds. The Morgan fingerprint density at radius 2 is 2.00 bits per heavy atom. The van der Waals surface area contributed by atoms with Gasteiger partial charge in [-0.05, 0) is 31.9 Å². The number of methoxy groups -OCH3 is 1. The fourth-order valence-electron chi connectivity index (χ4n) is 1.89. The maximum atomic E-state index is 12.6. The molecule has 1 rings (SSSR count). The normalized spacial score (nSPS) is 11.2. The van der Waals surface area contributed by atoms with Gasteiger partial charge < -0.3 is 9.64 Å². The molecule has 0 spiro atoms. The predicted molar refractivity (Wildman–Crippen MR) is 81.4 cm³/mol. The van der Waals surface area contributed by atoms with E-state index >= 15 is 0 Å². The van der Waals surface area contributed by atoms with Crippen molar-refractivity contribution in [3.63, 3.8) is 0 Å². The summed E-state index contributed by atoms with van der Waals surface area (Å²) in [5.41, 5.74) is 1.41. The molecule has 5 heteroatoms. The van der Waals surface area contributed by atoms with E-state index in [9.17, 15) is 4.79 Å². The summed E-state index contributed by atoms with van der Waals surface area (Å²) in [6, 6.07) is 3.55. The molecule has 112 valence electrons. The van der Waals surface area contributed by atoms with Gasteiger partial charge in [0.1, 0.15) is 5.15 Å². The van der Waals surface area contributed by atoms with E-state index in [4.69, 9.17) is 16.3 Å². The lowest BCUT2D eigenvalue weighted by Gasteiger charge is -2.26. The second-order valence-electron chi connectivity index (χ2n) is 5.34. The summed E-state index contributed by atoms with van der Waals surface area (Å²) < 4.78 is 5.06. The van der Waals surface area contributed by atoms with Crippen molar-refractivity contribution >= 4 is 17.5 Å². The minimum Gasteiger partial charge on any atom is -0.383 e. The van der Waals surface area contributed by atoms with Crippen LogP contribution in [0.3, 0.4) is 0 Å². The van der Waals surface area contributed by atoms with E-state index < -0.39 is 0 Å². The van der Waals surface area contributed by atoms with Crippen LogP contribution in [0.1, 0.15) is 49.7 Å². The number of carbonyl (C=O) groups is 1. The Kier molecular flexibility index (Phi) is 6.43. The van der Waals surface area contributed by atoms with E-state index in [1.165, 1.54) is 0 Å². The first-order chi connectivity index (χ1) is 9.36. The van der Waals surface area contributed by atoms with Crippen LogP contribution >= 0.6 is 11.6 Å². The molecule has 0 fully saturated rings. The standard InChI is InChI=1S/C15H23ClN2O2/c1-10(2)13-8-12(9-14(16)17-13)15(19)18(11(3)4)6-7-20-5/h8-11H,6-7H2,1-5H3. The zero-order valence-corrected chi connectivity index (χ0v) is 13.6. The van der Waals surface area contributed by atoms with Crippen molar-refractivity contribution in [2.45, 2.75) is 39.7 Å². The van der Waals surface area contributed by atoms with Crippen LogP contribution in [0.25, 0.3) is 0 Å². The number of pyridine rings is 1. The molecule has 1 heterocycles. The summed E-state index contributed by atoms with van der Waals surface area (Å²) in [5, 5.41) is 0.356. The van der Waals surface area contributed by atoms with Crippen LogP contribution < -0.4 is 0 Å². The van der Waals surface area contributed by atoms with Gasteiger partial charge in [0, 0.05) is 31.0 Å². The quantitative estimate of drug-likeness (QED) is 0.756. The van der Waals surface area contributed by atoms with Crippen LogP contribution in [0.5, 0.6) is 0 Å². The Labute approximate surface area is 126 Å². The first-order valence-electron chi connectivity index (χ1n) is 6.84. The van der Waals surface area contributed by atoms with Gasteiger partial charge in [-0.15, -0.1) is 0 Å². The molecular formula is C15H23ClN2O2. The van der Waals surface area contributed by atoms with Gasteiger partial charge in [-0.25, -0.2) is 4.98 Å². The lowest BCUT2D eigenvalue weighted by Crippen LogP contribution is -2.39. The first-order valence-corrected chi connectivity index (χ1v) is 7.22. The maximum Gasteiger partial charge on any atom is 0.254 e. The van der Waals surface area contributed by atoms with Crippen molar-refractivity contribution in [3.8, 4) is 0 Å². The zero-order chi connectivity index (χ0) is 15.3. The van der Waals surface area contributed by atoms with Crippen LogP contribution in [0.4, 0.5) is 0 Å². The molecule has 0 aromatic carbocycles. The minimum absolute atomic E-state index is 0.0387. The number of hydrogen-bond donors (Lipinski definition) is 0. The van der Waals surface area contributed by atoms with E-state index in [0.29, 0.717) is 23.9 Å². The molecule has 0 atom stereocenters. The Balaban J connectivity index is 3.05. The maximum absolute atomic E-state index is 12.6. The second-order valence-corrected chi connectivity index (χ2v) is 5.73. The molecule has 0 radical (unpaired) electrons. The minimum atomic E-state index is -0.0387. The molecule has 1 aromatic heterocycles. The van der Waals surface area contributed by atoms with Gasteiger partial charge in [0.25, 0.3) is 5.91 Å². The topological polar surface area (TPSA) is 42.4 Å².